The van der Waals surface area contributed by atoms with Gasteiger partial charge in [-0.25, -0.2) is 0 Å². The van der Waals surface area contributed by atoms with Crippen molar-refractivity contribution in [2.75, 3.05) is 19.6 Å². The summed E-state index contributed by atoms with van der Waals surface area (Å²) in [6.07, 6.45) is 6.24. The van der Waals surface area contributed by atoms with E-state index in [1.165, 1.54) is 6.42 Å². The number of hydrogen-bond donors (Lipinski definition) is 2. The van der Waals surface area contributed by atoms with E-state index in [2.05, 4.69) is 10.2 Å². The number of nitrogens with one attached hydrogen (secondary N) is 1. The molecule has 106 valence electrons. The molecule has 19 heavy (non-hydrogen) atoms. The van der Waals surface area contributed by atoms with Crippen LogP contribution in [0.5, 0.6) is 0 Å². The van der Waals surface area contributed by atoms with Crippen LogP contribution < -0.4 is 5.32 Å². The number of amides is 1. The number of hydrogen-bond acceptors (Lipinski definition) is 4. The summed E-state index contributed by atoms with van der Waals surface area (Å²) in [5, 5.41) is 21.2. The number of aliphatic hydroxyl groups is 1. The van der Waals surface area contributed by atoms with Crippen molar-refractivity contribution in [3.05, 3.63) is 0 Å². The average molecular weight is 265 g/mol. The number of likely N-dealkylation sites (tertiary alicyclic amines) is 1. The van der Waals surface area contributed by atoms with E-state index in [0.29, 0.717) is 18.5 Å². The van der Waals surface area contributed by atoms with Crippen LogP contribution in [0.1, 0.15) is 38.5 Å². The summed E-state index contributed by atoms with van der Waals surface area (Å²) >= 11 is 0. The molecule has 2 rings (SSSR count). The summed E-state index contributed by atoms with van der Waals surface area (Å²) in [4.78, 5) is 13.9. The third-order valence-electron chi connectivity index (χ3n) is 4.40. The molecule has 0 spiro atoms. The predicted molar refractivity (Wildman–Crippen MR) is 71.2 cm³/mol. The number of aliphatic hydroxyl groups excluding tert-OH is 1. The van der Waals surface area contributed by atoms with Crippen molar-refractivity contribution < 1.29 is 9.90 Å². The molecule has 1 aliphatic carbocycles. The zero-order chi connectivity index (χ0) is 13.7. The summed E-state index contributed by atoms with van der Waals surface area (Å²) in [7, 11) is 0. The zero-order valence-corrected chi connectivity index (χ0v) is 11.3. The SMILES string of the molecule is N#CCNC(=O)CN1CCCC1C1CCCCC1O. The maximum absolute atomic E-state index is 11.7. The molecule has 0 aromatic heterocycles. The van der Waals surface area contributed by atoms with Gasteiger partial charge in [-0.3, -0.25) is 9.69 Å². The normalized spacial score (nSPS) is 31.9. The highest BCUT2D eigenvalue weighted by Gasteiger charge is 2.37. The van der Waals surface area contributed by atoms with Gasteiger partial charge < -0.3 is 10.4 Å². The van der Waals surface area contributed by atoms with Gasteiger partial charge in [-0.1, -0.05) is 12.8 Å². The quantitative estimate of drug-likeness (QED) is 0.731. The molecule has 1 saturated heterocycles. The minimum absolute atomic E-state index is 0.0728. The van der Waals surface area contributed by atoms with Gasteiger partial charge in [0.1, 0.15) is 6.54 Å². The van der Waals surface area contributed by atoms with Gasteiger partial charge in [-0.15, -0.1) is 0 Å². The number of carbonyl (C=O) groups excluding carboxylic acids is 1. The Morgan fingerprint density at radius 1 is 1.32 bits per heavy atom. The third-order valence-corrected chi connectivity index (χ3v) is 4.40. The van der Waals surface area contributed by atoms with Gasteiger partial charge in [0, 0.05) is 12.0 Å². The Bertz CT molecular complexity index is 353. The largest absolute Gasteiger partial charge is 0.393 e. The van der Waals surface area contributed by atoms with Gasteiger partial charge in [0.25, 0.3) is 0 Å². The van der Waals surface area contributed by atoms with Gasteiger partial charge in [-0.05, 0) is 32.2 Å². The molecule has 3 unspecified atom stereocenters. The van der Waals surface area contributed by atoms with Crippen molar-refractivity contribution in [1.82, 2.24) is 10.2 Å². The molecule has 1 saturated carbocycles. The van der Waals surface area contributed by atoms with Crippen molar-refractivity contribution in [3.63, 3.8) is 0 Å². The first-order chi connectivity index (χ1) is 9.22. The number of nitrogens with zero attached hydrogens (tertiary/aromatic N) is 2. The lowest BCUT2D eigenvalue weighted by atomic mass is 9.80. The molecular formula is C14H23N3O2. The molecule has 5 heteroatoms. The molecule has 5 nitrogen and oxygen atoms in total. The lowest BCUT2D eigenvalue weighted by molar-refractivity contribution is -0.122. The van der Waals surface area contributed by atoms with Crippen molar-refractivity contribution in [2.24, 2.45) is 5.92 Å². The molecule has 1 aliphatic heterocycles. The lowest BCUT2D eigenvalue weighted by Crippen LogP contribution is -2.46. The fraction of sp³-hybridized carbons (Fsp3) is 0.857. The molecule has 2 fully saturated rings. The van der Waals surface area contributed by atoms with Crippen molar-refractivity contribution in [2.45, 2.75) is 50.7 Å². The van der Waals surface area contributed by atoms with E-state index in [9.17, 15) is 9.90 Å². The maximum Gasteiger partial charge on any atom is 0.235 e. The minimum Gasteiger partial charge on any atom is -0.393 e. The Morgan fingerprint density at radius 3 is 2.84 bits per heavy atom. The van der Waals surface area contributed by atoms with Crippen LogP contribution in [0.2, 0.25) is 0 Å². The van der Waals surface area contributed by atoms with E-state index in [1.807, 2.05) is 6.07 Å². The van der Waals surface area contributed by atoms with Crippen LogP contribution in [0.15, 0.2) is 0 Å². The van der Waals surface area contributed by atoms with E-state index in [0.717, 1.165) is 38.6 Å². The first-order valence-electron chi connectivity index (χ1n) is 7.28. The van der Waals surface area contributed by atoms with Crippen molar-refractivity contribution in [1.29, 1.82) is 5.26 Å². The number of rotatable bonds is 4. The first-order valence-corrected chi connectivity index (χ1v) is 7.28. The van der Waals surface area contributed by atoms with Crippen LogP contribution in [0.4, 0.5) is 0 Å². The Morgan fingerprint density at radius 2 is 2.11 bits per heavy atom. The Hall–Kier alpha value is -1.12. The molecule has 3 atom stereocenters. The van der Waals surface area contributed by atoms with E-state index in [-0.39, 0.29) is 18.6 Å². The molecular weight excluding hydrogens is 242 g/mol. The van der Waals surface area contributed by atoms with Crippen molar-refractivity contribution >= 4 is 5.91 Å². The van der Waals surface area contributed by atoms with E-state index < -0.39 is 0 Å². The Balaban J connectivity index is 1.89. The second-order valence-corrected chi connectivity index (χ2v) is 5.63. The second kappa shape index (κ2) is 6.88. The van der Waals surface area contributed by atoms with Gasteiger partial charge in [0.15, 0.2) is 0 Å². The van der Waals surface area contributed by atoms with Gasteiger partial charge in [-0.2, -0.15) is 5.26 Å². The van der Waals surface area contributed by atoms with Crippen LogP contribution >= 0.6 is 0 Å². The van der Waals surface area contributed by atoms with E-state index >= 15 is 0 Å². The molecule has 0 bridgehead atoms. The molecule has 2 N–H and O–H groups in total. The van der Waals surface area contributed by atoms with Crippen molar-refractivity contribution in [3.8, 4) is 6.07 Å². The summed E-state index contributed by atoms with van der Waals surface area (Å²) in [6, 6.07) is 2.25. The smallest absolute Gasteiger partial charge is 0.235 e. The Labute approximate surface area is 114 Å². The monoisotopic (exact) mass is 265 g/mol. The van der Waals surface area contributed by atoms with Crippen LogP contribution in [0.25, 0.3) is 0 Å². The molecule has 0 aromatic carbocycles. The summed E-state index contributed by atoms with van der Waals surface area (Å²) in [6.45, 7) is 1.35. The van der Waals surface area contributed by atoms with Gasteiger partial charge in [0.05, 0.1) is 18.7 Å². The Kier molecular flexibility index (Phi) is 5.17. The standard InChI is InChI=1S/C14H23N3O2/c15-7-8-16-14(19)10-17-9-3-5-12(17)11-4-1-2-6-13(11)18/h11-13,18H,1-6,8-10H2,(H,16,19). The molecule has 1 amide bonds. The topological polar surface area (TPSA) is 76.4 Å². The van der Waals surface area contributed by atoms with E-state index in [1.54, 1.807) is 0 Å². The van der Waals surface area contributed by atoms with Crippen LogP contribution in [0.3, 0.4) is 0 Å². The first kappa shape index (κ1) is 14.3. The molecule has 0 aromatic rings. The fourth-order valence-electron chi connectivity index (χ4n) is 3.50. The number of nitriles is 1. The lowest BCUT2D eigenvalue weighted by Gasteiger charge is -2.36. The molecule has 0 radical (unpaired) electrons. The molecule has 1 heterocycles. The van der Waals surface area contributed by atoms with Crippen LogP contribution in [-0.2, 0) is 4.79 Å². The summed E-state index contributed by atoms with van der Waals surface area (Å²) in [5.74, 6) is 0.235. The minimum atomic E-state index is -0.207. The summed E-state index contributed by atoms with van der Waals surface area (Å²) < 4.78 is 0. The summed E-state index contributed by atoms with van der Waals surface area (Å²) in [5.41, 5.74) is 0. The highest BCUT2D eigenvalue weighted by molar-refractivity contribution is 5.78. The highest BCUT2D eigenvalue weighted by atomic mass is 16.3. The molecule has 2 aliphatic rings. The van der Waals surface area contributed by atoms with Crippen LogP contribution in [-0.4, -0.2) is 47.7 Å². The van der Waals surface area contributed by atoms with Gasteiger partial charge in [0.2, 0.25) is 5.91 Å². The second-order valence-electron chi connectivity index (χ2n) is 5.63. The zero-order valence-electron chi connectivity index (χ0n) is 11.3. The van der Waals surface area contributed by atoms with Gasteiger partial charge >= 0.3 is 0 Å². The highest BCUT2D eigenvalue weighted by Crippen LogP contribution is 2.34. The fourth-order valence-corrected chi connectivity index (χ4v) is 3.50. The van der Waals surface area contributed by atoms with E-state index in [4.69, 9.17) is 5.26 Å². The number of carbonyl (C=O) groups is 1. The average Bonchev–Trinajstić information content (AvgIpc) is 2.85. The van der Waals surface area contributed by atoms with Crippen LogP contribution in [0, 0.1) is 17.2 Å². The predicted octanol–water partition coefficient (Wildman–Crippen LogP) is 0.642. The third kappa shape index (κ3) is 3.68. The maximum atomic E-state index is 11.7.